The lowest BCUT2D eigenvalue weighted by Crippen LogP contribution is -2.30. The molecule has 0 aliphatic carbocycles. The topological polar surface area (TPSA) is 237 Å². The SMILES string of the molecule is CCC(C)CCCCCCCCCCCCCCCCCCCCC(=O)OC[C@H](COP(=O)(O)OC[C@@H](O)COP(=O)(O)OC[C@@H](COC(=O)CCCCCCCCC(C)CC)OC(=O)CCCCCCCCC(C)CC)OC(=O)CCCCCCCCCCCCC(C)C. The lowest BCUT2D eigenvalue weighted by atomic mass is 9.99. The van der Waals surface area contributed by atoms with Gasteiger partial charge in [-0.3, -0.25) is 37.3 Å². The van der Waals surface area contributed by atoms with Crippen LogP contribution in [0.1, 0.15) is 383 Å². The molecule has 0 rings (SSSR count). The maximum Gasteiger partial charge on any atom is 0.472 e. The first kappa shape index (κ1) is 93.1. The lowest BCUT2D eigenvalue weighted by Gasteiger charge is -2.21. The van der Waals surface area contributed by atoms with Crippen LogP contribution in [0.2, 0.25) is 0 Å². The van der Waals surface area contributed by atoms with Gasteiger partial charge in [-0.15, -0.1) is 0 Å². The third-order valence-corrected chi connectivity index (χ3v) is 20.6. The molecular formula is C76H148O17P2. The van der Waals surface area contributed by atoms with Crippen molar-refractivity contribution in [2.24, 2.45) is 23.7 Å². The van der Waals surface area contributed by atoms with Gasteiger partial charge in [-0.2, -0.15) is 0 Å². The van der Waals surface area contributed by atoms with Gasteiger partial charge in [0.25, 0.3) is 0 Å². The van der Waals surface area contributed by atoms with E-state index in [9.17, 15) is 43.2 Å². The summed E-state index contributed by atoms with van der Waals surface area (Å²) in [5.74, 6) is 0.950. The van der Waals surface area contributed by atoms with Gasteiger partial charge in [-0.25, -0.2) is 9.13 Å². The molecule has 0 radical (unpaired) electrons. The first-order valence-corrected chi connectivity index (χ1v) is 42.3. The van der Waals surface area contributed by atoms with Crippen molar-refractivity contribution in [1.29, 1.82) is 0 Å². The van der Waals surface area contributed by atoms with E-state index in [1.807, 2.05) is 0 Å². The average molecular weight is 1400 g/mol. The maximum absolute atomic E-state index is 13.1. The molecular weight excluding hydrogens is 1250 g/mol. The molecule has 17 nitrogen and oxygen atoms in total. The molecule has 3 N–H and O–H groups in total. The first-order chi connectivity index (χ1) is 45.7. The fourth-order valence-corrected chi connectivity index (χ4v) is 13.0. The number of aliphatic hydroxyl groups is 1. The third kappa shape index (κ3) is 66.4. The Morgan fingerprint density at radius 1 is 0.295 bits per heavy atom. The molecule has 8 atom stereocenters. The van der Waals surface area contributed by atoms with E-state index in [-0.39, 0.29) is 25.7 Å². The van der Waals surface area contributed by atoms with Gasteiger partial charge in [-0.05, 0) is 49.4 Å². The number of esters is 4. The van der Waals surface area contributed by atoms with Crippen LogP contribution in [0.4, 0.5) is 0 Å². The molecule has 5 unspecified atom stereocenters. The Bertz CT molecular complexity index is 1870. The summed E-state index contributed by atoms with van der Waals surface area (Å²) in [5, 5.41) is 10.6. The van der Waals surface area contributed by atoms with Gasteiger partial charge in [0.2, 0.25) is 0 Å². The Morgan fingerprint density at radius 3 is 0.747 bits per heavy atom. The van der Waals surface area contributed by atoms with Crippen molar-refractivity contribution in [3.05, 3.63) is 0 Å². The number of carbonyl (C=O) groups is 4. The number of unbranched alkanes of at least 4 members (excludes halogenated alkanes) is 36. The highest BCUT2D eigenvalue weighted by molar-refractivity contribution is 7.47. The lowest BCUT2D eigenvalue weighted by molar-refractivity contribution is -0.161. The van der Waals surface area contributed by atoms with Crippen molar-refractivity contribution in [1.82, 2.24) is 0 Å². The van der Waals surface area contributed by atoms with Crippen molar-refractivity contribution in [3.63, 3.8) is 0 Å². The van der Waals surface area contributed by atoms with Crippen LogP contribution >= 0.6 is 15.6 Å². The number of carbonyl (C=O) groups excluding carboxylic acids is 4. The van der Waals surface area contributed by atoms with Gasteiger partial charge in [0.1, 0.15) is 19.3 Å². The molecule has 0 spiro atoms. The molecule has 0 aromatic rings. The smallest absolute Gasteiger partial charge is 0.462 e. The average Bonchev–Trinajstić information content (AvgIpc) is 2.20. The number of phosphoric acid groups is 2. The van der Waals surface area contributed by atoms with Gasteiger partial charge in [0, 0.05) is 25.7 Å². The van der Waals surface area contributed by atoms with Crippen molar-refractivity contribution in [3.8, 4) is 0 Å². The molecule has 0 aromatic carbocycles. The Labute approximate surface area is 581 Å². The van der Waals surface area contributed by atoms with Gasteiger partial charge >= 0.3 is 39.5 Å². The Kier molecular flexibility index (Phi) is 64.0. The molecule has 0 aromatic heterocycles. The number of rotatable bonds is 73. The summed E-state index contributed by atoms with van der Waals surface area (Å²) in [7, 11) is -9.91. The van der Waals surface area contributed by atoms with Crippen LogP contribution in [0.3, 0.4) is 0 Å². The number of aliphatic hydroxyl groups excluding tert-OH is 1. The summed E-state index contributed by atoms with van der Waals surface area (Å²) in [5.41, 5.74) is 0. The Balaban J connectivity index is 5.16. The minimum absolute atomic E-state index is 0.102. The monoisotopic (exact) mass is 1400 g/mol. The summed E-state index contributed by atoms with van der Waals surface area (Å²) < 4.78 is 68.4. The van der Waals surface area contributed by atoms with E-state index in [1.54, 1.807) is 0 Å². The molecule has 0 fully saturated rings. The van der Waals surface area contributed by atoms with Crippen LogP contribution in [0.5, 0.6) is 0 Å². The molecule has 0 saturated heterocycles. The molecule has 19 heteroatoms. The molecule has 0 aliphatic heterocycles. The van der Waals surface area contributed by atoms with E-state index < -0.39 is 97.5 Å². The fourth-order valence-electron chi connectivity index (χ4n) is 11.5. The van der Waals surface area contributed by atoms with Crippen LogP contribution < -0.4 is 0 Å². The molecule has 95 heavy (non-hydrogen) atoms. The van der Waals surface area contributed by atoms with Gasteiger partial charge in [0.15, 0.2) is 12.2 Å². The van der Waals surface area contributed by atoms with Gasteiger partial charge < -0.3 is 33.8 Å². The number of ether oxygens (including phenoxy) is 4. The second-order valence-corrected chi connectivity index (χ2v) is 31.5. The summed E-state index contributed by atoms with van der Waals surface area (Å²) in [6.07, 6.45) is 50.2. The normalized spacial score (nSPS) is 15.0. The molecule has 0 saturated carbocycles. The van der Waals surface area contributed by atoms with Crippen LogP contribution in [0.15, 0.2) is 0 Å². The van der Waals surface area contributed by atoms with Gasteiger partial charge in [0.05, 0.1) is 26.4 Å². The largest absolute Gasteiger partial charge is 0.472 e. The van der Waals surface area contributed by atoms with Crippen molar-refractivity contribution in [2.45, 2.75) is 401 Å². The van der Waals surface area contributed by atoms with Crippen LogP contribution in [0, 0.1) is 23.7 Å². The number of hydrogen-bond donors (Lipinski definition) is 3. The van der Waals surface area contributed by atoms with E-state index in [0.29, 0.717) is 25.7 Å². The summed E-state index contributed by atoms with van der Waals surface area (Å²) >= 11 is 0. The van der Waals surface area contributed by atoms with Gasteiger partial charge in [-0.1, -0.05) is 331 Å². The quantitative estimate of drug-likeness (QED) is 0.0222. The molecule has 0 aliphatic rings. The molecule has 0 amide bonds. The molecule has 0 heterocycles. The van der Waals surface area contributed by atoms with Crippen molar-refractivity contribution in [2.75, 3.05) is 39.6 Å². The van der Waals surface area contributed by atoms with Crippen LogP contribution in [-0.4, -0.2) is 96.7 Å². The summed E-state index contributed by atoms with van der Waals surface area (Å²) in [6, 6.07) is 0. The Morgan fingerprint density at radius 2 is 0.505 bits per heavy atom. The zero-order valence-electron chi connectivity index (χ0n) is 62.3. The Hall–Kier alpha value is -1.94. The van der Waals surface area contributed by atoms with E-state index in [1.165, 1.54) is 180 Å². The number of hydrogen-bond acceptors (Lipinski definition) is 15. The predicted molar refractivity (Wildman–Crippen MR) is 386 cm³/mol. The van der Waals surface area contributed by atoms with Crippen molar-refractivity contribution < 1.29 is 80.2 Å². The highest BCUT2D eigenvalue weighted by Gasteiger charge is 2.30. The fraction of sp³-hybridized carbons (Fsp3) is 0.947. The second kappa shape index (κ2) is 65.4. The van der Waals surface area contributed by atoms with E-state index >= 15 is 0 Å². The van der Waals surface area contributed by atoms with E-state index in [0.717, 1.165) is 120 Å². The highest BCUT2D eigenvalue weighted by Crippen LogP contribution is 2.45. The first-order valence-electron chi connectivity index (χ1n) is 39.3. The standard InChI is InChI=1S/C76H148O17P2/c1-9-67(6)53-45-37-29-25-20-18-16-14-12-13-15-17-19-21-26-30-40-48-56-73(78)86-62-71(92-75(80)58-50-42-31-27-23-22-24-28-36-44-52-66(4)5)64-90-94(82,83)88-60-70(77)61-89-95(84,85)91-65-72(93-76(81)59-51-43-35-33-39-47-55-69(8)11-3)63-87-74(79)57-49-41-34-32-38-46-54-68(7)10-2/h66-72,77H,9-65H2,1-8H3,(H,82,83)(H,84,85)/t67?,68?,69?,70-,71-,72-/m1/s1. The highest BCUT2D eigenvalue weighted by atomic mass is 31.2. The summed E-state index contributed by atoms with van der Waals surface area (Å²) in [6.45, 7) is 14.2. The number of phosphoric ester groups is 2. The minimum atomic E-state index is -4.96. The van der Waals surface area contributed by atoms with Crippen molar-refractivity contribution >= 4 is 39.5 Å². The zero-order valence-corrected chi connectivity index (χ0v) is 64.1. The minimum Gasteiger partial charge on any atom is -0.462 e. The third-order valence-electron chi connectivity index (χ3n) is 18.7. The van der Waals surface area contributed by atoms with E-state index in [2.05, 4.69) is 55.4 Å². The summed E-state index contributed by atoms with van der Waals surface area (Å²) in [4.78, 5) is 72.7. The van der Waals surface area contributed by atoms with Crippen LogP contribution in [0.25, 0.3) is 0 Å². The molecule has 564 valence electrons. The second-order valence-electron chi connectivity index (χ2n) is 28.6. The van der Waals surface area contributed by atoms with E-state index in [4.69, 9.17) is 37.0 Å². The van der Waals surface area contributed by atoms with Crippen LogP contribution in [-0.2, 0) is 65.4 Å². The maximum atomic E-state index is 13.1. The molecule has 0 bridgehead atoms. The zero-order chi connectivity index (χ0) is 70.3. The predicted octanol–water partition coefficient (Wildman–Crippen LogP) is 22.0.